The van der Waals surface area contributed by atoms with Gasteiger partial charge in [-0.1, -0.05) is 18.2 Å². The van der Waals surface area contributed by atoms with E-state index < -0.39 is 0 Å². The van der Waals surface area contributed by atoms with E-state index in [0.29, 0.717) is 56.8 Å². The van der Waals surface area contributed by atoms with E-state index in [2.05, 4.69) is 21.7 Å². The number of aromatic amines is 1. The predicted octanol–water partition coefficient (Wildman–Crippen LogP) is 2.17. The fraction of sp³-hybridized carbons (Fsp3) is 0.409. The monoisotopic (exact) mass is 408 g/mol. The van der Waals surface area contributed by atoms with Crippen LogP contribution < -0.4 is 0 Å². The average Bonchev–Trinajstić information content (AvgIpc) is 3.15. The van der Waals surface area contributed by atoms with Crippen LogP contribution in [0.5, 0.6) is 0 Å². The number of nitrogens with one attached hydrogen (secondary N) is 2. The standard InChI is InChI=1S/C22H28N6O2/c1-15(18(23)11-26(3)17-13-30-14-17)21-12-27(8-9-28(21)24-2)22(29)20-10-16-6-4-5-7-19(16)25-20/h4-7,10,17,23,25H,2,8-9,11-14H2,1,3H3/b21-15+,23-18?. The smallest absolute Gasteiger partial charge is 0.270 e. The SMILES string of the molecule is C=NN1CCN(C(=O)c2cc3ccccc3[nH]2)C/C1=C(/C)C(=N)CN(C)C1COC1. The quantitative estimate of drug-likeness (QED) is 0.717. The first-order valence-electron chi connectivity index (χ1n) is 10.1. The van der Waals surface area contributed by atoms with Gasteiger partial charge in [-0.05, 0) is 31.7 Å². The minimum absolute atomic E-state index is 0.0459. The van der Waals surface area contributed by atoms with Crippen LogP contribution in [-0.2, 0) is 4.74 Å². The number of nitrogens with zero attached hydrogens (tertiary/aromatic N) is 4. The Morgan fingerprint density at radius 3 is 2.80 bits per heavy atom. The van der Waals surface area contributed by atoms with Gasteiger partial charge in [0, 0.05) is 30.7 Å². The number of para-hydroxylation sites is 1. The van der Waals surface area contributed by atoms with Crippen LogP contribution >= 0.6 is 0 Å². The summed E-state index contributed by atoms with van der Waals surface area (Å²) in [6.45, 7) is 9.08. The summed E-state index contributed by atoms with van der Waals surface area (Å²) >= 11 is 0. The minimum Gasteiger partial charge on any atom is -0.378 e. The van der Waals surface area contributed by atoms with Gasteiger partial charge in [-0.15, -0.1) is 0 Å². The molecular weight excluding hydrogens is 380 g/mol. The molecule has 0 saturated carbocycles. The van der Waals surface area contributed by atoms with Gasteiger partial charge in [0.2, 0.25) is 0 Å². The topological polar surface area (TPSA) is 88.0 Å². The number of rotatable bonds is 6. The number of amides is 1. The molecule has 2 saturated heterocycles. The first-order chi connectivity index (χ1) is 14.5. The van der Waals surface area contributed by atoms with Crippen LogP contribution in [-0.4, -0.2) is 90.6 Å². The van der Waals surface area contributed by atoms with E-state index in [4.69, 9.17) is 10.1 Å². The first kappa shape index (κ1) is 20.3. The maximum Gasteiger partial charge on any atom is 0.270 e. The van der Waals surface area contributed by atoms with Crippen molar-refractivity contribution in [2.75, 3.05) is 46.4 Å². The number of fused-ring (bicyclic) bond motifs is 1. The van der Waals surface area contributed by atoms with E-state index in [0.717, 1.165) is 22.2 Å². The number of carbonyl (C=O) groups excluding carboxylic acids is 1. The molecule has 1 aromatic heterocycles. The molecule has 158 valence electrons. The van der Waals surface area contributed by atoms with Crippen molar-refractivity contribution in [2.24, 2.45) is 5.10 Å². The normalized spacial score (nSPS) is 19.2. The van der Waals surface area contributed by atoms with Gasteiger partial charge in [0.1, 0.15) is 5.69 Å². The lowest BCUT2D eigenvalue weighted by atomic mass is 10.1. The van der Waals surface area contributed by atoms with Gasteiger partial charge in [0.15, 0.2) is 0 Å². The van der Waals surface area contributed by atoms with E-state index in [-0.39, 0.29) is 5.91 Å². The highest BCUT2D eigenvalue weighted by Gasteiger charge is 2.29. The van der Waals surface area contributed by atoms with Gasteiger partial charge >= 0.3 is 0 Å². The summed E-state index contributed by atoms with van der Waals surface area (Å²) in [4.78, 5) is 20.3. The summed E-state index contributed by atoms with van der Waals surface area (Å²) in [5, 5.41) is 15.5. The molecule has 2 N–H and O–H groups in total. The maximum absolute atomic E-state index is 13.1. The zero-order valence-electron chi connectivity index (χ0n) is 17.5. The lowest BCUT2D eigenvalue weighted by Crippen LogP contribution is -2.49. The number of ether oxygens (including phenoxy) is 1. The number of piperazine rings is 1. The molecule has 2 aliphatic heterocycles. The number of likely N-dealkylation sites (N-methyl/N-ethyl adjacent to an activating group) is 1. The largest absolute Gasteiger partial charge is 0.378 e. The summed E-state index contributed by atoms with van der Waals surface area (Å²) in [5.41, 5.74) is 3.73. The third-order valence-corrected chi connectivity index (χ3v) is 5.99. The van der Waals surface area contributed by atoms with Gasteiger partial charge < -0.3 is 20.0 Å². The summed E-state index contributed by atoms with van der Waals surface area (Å²) in [7, 11) is 2.01. The fourth-order valence-electron chi connectivity index (χ4n) is 3.84. The molecule has 30 heavy (non-hydrogen) atoms. The van der Waals surface area contributed by atoms with Crippen molar-refractivity contribution in [3.63, 3.8) is 0 Å². The van der Waals surface area contributed by atoms with Crippen molar-refractivity contribution in [3.8, 4) is 0 Å². The Bertz CT molecular complexity index is 973. The van der Waals surface area contributed by atoms with Crippen molar-refractivity contribution in [1.82, 2.24) is 19.8 Å². The Hall–Kier alpha value is -2.97. The number of aromatic nitrogens is 1. The molecule has 0 bridgehead atoms. The number of carbonyl (C=O) groups is 1. The molecular formula is C22H28N6O2. The molecule has 0 unspecified atom stereocenters. The van der Waals surface area contributed by atoms with E-state index in [1.54, 1.807) is 0 Å². The number of hydrogen-bond acceptors (Lipinski definition) is 6. The van der Waals surface area contributed by atoms with Crippen LogP contribution in [0.3, 0.4) is 0 Å². The molecule has 2 aromatic rings. The molecule has 0 radical (unpaired) electrons. The van der Waals surface area contributed by atoms with Gasteiger partial charge in [-0.3, -0.25) is 14.7 Å². The molecule has 1 amide bonds. The molecule has 8 nitrogen and oxygen atoms in total. The van der Waals surface area contributed by atoms with Crippen LogP contribution in [0.25, 0.3) is 10.9 Å². The van der Waals surface area contributed by atoms with Crippen molar-refractivity contribution in [3.05, 3.63) is 47.3 Å². The third kappa shape index (κ3) is 3.88. The Labute approximate surface area is 176 Å². The highest BCUT2D eigenvalue weighted by atomic mass is 16.5. The van der Waals surface area contributed by atoms with Gasteiger partial charge in [-0.2, -0.15) is 5.10 Å². The molecule has 0 atom stereocenters. The molecule has 3 heterocycles. The highest BCUT2D eigenvalue weighted by molar-refractivity contribution is 6.00. The molecule has 2 fully saturated rings. The van der Waals surface area contributed by atoms with Gasteiger partial charge in [-0.25, -0.2) is 0 Å². The first-order valence-corrected chi connectivity index (χ1v) is 10.1. The summed E-state index contributed by atoms with van der Waals surface area (Å²) in [5.74, 6) is -0.0459. The van der Waals surface area contributed by atoms with Crippen molar-refractivity contribution in [2.45, 2.75) is 13.0 Å². The molecule has 0 aliphatic carbocycles. The highest BCUT2D eigenvalue weighted by Crippen LogP contribution is 2.22. The van der Waals surface area contributed by atoms with Gasteiger partial charge in [0.05, 0.1) is 43.8 Å². The fourth-order valence-corrected chi connectivity index (χ4v) is 3.84. The summed E-state index contributed by atoms with van der Waals surface area (Å²) < 4.78 is 5.25. The van der Waals surface area contributed by atoms with Crippen LogP contribution in [0.4, 0.5) is 0 Å². The van der Waals surface area contributed by atoms with E-state index in [1.165, 1.54) is 0 Å². The van der Waals surface area contributed by atoms with Crippen LogP contribution in [0.15, 0.2) is 46.7 Å². The number of hydrogen-bond donors (Lipinski definition) is 2. The summed E-state index contributed by atoms with van der Waals surface area (Å²) in [6, 6.07) is 10.1. The van der Waals surface area contributed by atoms with E-state index >= 15 is 0 Å². The van der Waals surface area contributed by atoms with E-state index in [9.17, 15) is 4.79 Å². The lowest BCUT2D eigenvalue weighted by molar-refractivity contribution is -0.0511. The maximum atomic E-state index is 13.1. The van der Waals surface area contributed by atoms with Crippen LogP contribution in [0.1, 0.15) is 17.4 Å². The second kappa shape index (κ2) is 8.41. The Kier molecular flexibility index (Phi) is 5.69. The third-order valence-electron chi connectivity index (χ3n) is 5.99. The predicted molar refractivity (Wildman–Crippen MR) is 118 cm³/mol. The Balaban J connectivity index is 1.52. The number of H-pyrrole nitrogens is 1. The van der Waals surface area contributed by atoms with Crippen molar-refractivity contribution in [1.29, 1.82) is 5.41 Å². The second-order valence-electron chi connectivity index (χ2n) is 7.92. The van der Waals surface area contributed by atoms with Gasteiger partial charge in [0.25, 0.3) is 5.91 Å². The average molecular weight is 409 g/mol. The molecule has 1 aromatic carbocycles. The van der Waals surface area contributed by atoms with Crippen molar-refractivity contribution >= 4 is 29.2 Å². The van der Waals surface area contributed by atoms with Crippen molar-refractivity contribution < 1.29 is 9.53 Å². The molecule has 8 heteroatoms. The summed E-state index contributed by atoms with van der Waals surface area (Å²) in [6.07, 6.45) is 0. The molecule has 0 spiro atoms. The minimum atomic E-state index is -0.0459. The Morgan fingerprint density at radius 2 is 2.13 bits per heavy atom. The van der Waals surface area contributed by atoms with Crippen LogP contribution in [0.2, 0.25) is 0 Å². The lowest BCUT2D eigenvalue weighted by Gasteiger charge is -2.37. The van der Waals surface area contributed by atoms with E-state index in [1.807, 2.05) is 54.2 Å². The molecule has 2 aliphatic rings. The number of benzene rings is 1. The Morgan fingerprint density at radius 1 is 1.37 bits per heavy atom. The number of hydrazone groups is 1. The zero-order valence-corrected chi connectivity index (χ0v) is 17.5. The second-order valence-corrected chi connectivity index (χ2v) is 7.92. The zero-order chi connectivity index (χ0) is 21.3. The molecule has 4 rings (SSSR count). The van der Waals surface area contributed by atoms with Crippen LogP contribution in [0, 0.1) is 5.41 Å².